The normalized spacial score (nSPS) is 14.0. The highest BCUT2D eigenvalue weighted by atomic mass is 16.6. The summed E-state index contributed by atoms with van der Waals surface area (Å²) in [4.78, 5) is 24.6. The average molecular weight is 350 g/mol. The number of carbonyl (C=O) groups is 2. The molecule has 26 heavy (non-hydrogen) atoms. The second kappa shape index (κ2) is 8.17. The molecule has 1 saturated carbocycles. The Kier molecular flexibility index (Phi) is 5.49. The van der Waals surface area contributed by atoms with Crippen LogP contribution in [0.25, 0.3) is 0 Å². The van der Waals surface area contributed by atoms with E-state index in [0.717, 1.165) is 12.8 Å². The maximum Gasteiger partial charge on any atom is 0.345 e. The highest BCUT2D eigenvalue weighted by molar-refractivity contribution is 5.85. The highest BCUT2D eigenvalue weighted by Crippen LogP contribution is 2.23. The minimum atomic E-state index is -1.03. The third-order valence-electron chi connectivity index (χ3n) is 3.87. The zero-order valence-corrected chi connectivity index (χ0v) is 14.1. The molecule has 0 aliphatic heterocycles. The number of rotatable bonds is 7. The fourth-order valence-corrected chi connectivity index (χ4v) is 2.39. The van der Waals surface area contributed by atoms with Crippen LogP contribution in [0.5, 0.6) is 5.75 Å². The van der Waals surface area contributed by atoms with Crippen LogP contribution < -0.4 is 10.1 Å². The second-order valence-electron chi connectivity index (χ2n) is 5.96. The van der Waals surface area contributed by atoms with Gasteiger partial charge in [-0.1, -0.05) is 42.5 Å². The van der Waals surface area contributed by atoms with Crippen LogP contribution in [0.1, 0.15) is 30.1 Å². The Morgan fingerprint density at radius 1 is 1.12 bits per heavy atom. The maximum absolute atomic E-state index is 12.4. The van der Waals surface area contributed by atoms with Crippen LogP contribution in [0.4, 0.5) is 0 Å². The Hall–Kier alpha value is -3.33. The largest absolute Gasteiger partial charge is 0.481 e. The summed E-state index contributed by atoms with van der Waals surface area (Å²) in [5.74, 6) is -0.729. The zero-order chi connectivity index (χ0) is 18.4. The Morgan fingerprint density at radius 2 is 1.81 bits per heavy atom. The lowest BCUT2D eigenvalue weighted by Gasteiger charge is -2.18. The summed E-state index contributed by atoms with van der Waals surface area (Å²) in [6.45, 7) is -0.390. The Balaban J connectivity index is 1.65. The third-order valence-corrected chi connectivity index (χ3v) is 3.87. The van der Waals surface area contributed by atoms with Crippen molar-refractivity contribution in [2.75, 3.05) is 6.61 Å². The predicted molar refractivity (Wildman–Crippen MR) is 93.1 cm³/mol. The lowest BCUT2D eigenvalue weighted by Crippen LogP contribution is -2.34. The molecule has 0 aromatic heterocycles. The van der Waals surface area contributed by atoms with Gasteiger partial charge >= 0.3 is 5.97 Å². The number of nitriles is 1. The van der Waals surface area contributed by atoms with Gasteiger partial charge in [-0.05, 0) is 25.0 Å². The van der Waals surface area contributed by atoms with E-state index in [-0.39, 0.29) is 11.9 Å². The van der Waals surface area contributed by atoms with Crippen LogP contribution in [0.2, 0.25) is 0 Å². The van der Waals surface area contributed by atoms with E-state index in [2.05, 4.69) is 5.32 Å². The van der Waals surface area contributed by atoms with Gasteiger partial charge in [0.15, 0.2) is 6.61 Å². The number of nitrogens with zero attached hydrogens (tertiary/aromatic N) is 1. The first-order valence-corrected chi connectivity index (χ1v) is 8.34. The number of hydrogen-bond acceptors (Lipinski definition) is 5. The molecule has 1 fully saturated rings. The molecule has 1 aliphatic rings. The fraction of sp³-hybridized carbons (Fsp3) is 0.250. The van der Waals surface area contributed by atoms with Crippen LogP contribution in [0.3, 0.4) is 0 Å². The molecule has 0 spiro atoms. The summed E-state index contributed by atoms with van der Waals surface area (Å²) in [6.07, 6.45) is 0.851. The number of amides is 1. The van der Waals surface area contributed by atoms with Crippen molar-refractivity contribution in [1.29, 1.82) is 5.26 Å². The molecule has 3 rings (SSSR count). The summed E-state index contributed by atoms with van der Waals surface area (Å²) < 4.78 is 10.7. The summed E-state index contributed by atoms with van der Waals surface area (Å²) in [5, 5.41) is 11.9. The Bertz CT molecular complexity index is 825. The molecule has 0 saturated heterocycles. The maximum atomic E-state index is 12.4. The molecule has 1 aliphatic carbocycles. The molecule has 132 valence electrons. The van der Waals surface area contributed by atoms with E-state index in [9.17, 15) is 9.59 Å². The van der Waals surface area contributed by atoms with Gasteiger partial charge in [0, 0.05) is 11.6 Å². The van der Waals surface area contributed by atoms with Crippen molar-refractivity contribution < 1.29 is 19.1 Å². The van der Waals surface area contributed by atoms with Crippen LogP contribution in [-0.4, -0.2) is 24.5 Å². The van der Waals surface area contributed by atoms with Gasteiger partial charge in [-0.3, -0.25) is 4.79 Å². The van der Waals surface area contributed by atoms with E-state index in [1.807, 2.05) is 12.1 Å². The minimum absolute atomic E-state index is 0.158. The van der Waals surface area contributed by atoms with Gasteiger partial charge in [0.05, 0.1) is 5.56 Å². The molecule has 0 bridgehead atoms. The number of hydrogen-bond donors (Lipinski definition) is 1. The number of benzene rings is 2. The smallest absolute Gasteiger partial charge is 0.345 e. The van der Waals surface area contributed by atoms with Crippen LogP contribution in [0.15, 0.2) is 54.6 Å². The van der Waals surface area contributed by atoms with Crippen molar-refractivity contribution in [1.82, 2.24) is 5.32 Å². The zero-order valence-electron chi connectivity index (χ0n) is 14.1. The molecule has 6 heteroatoms. The van der Waals surface area contributed by atoms with E-state index < -0.39 is 18.7 Å². The summed E-state index contributed by atoms with van der Waals surface area (Å²) >= 11 is 0. The molecular weight excluding hydrogens is 332 g/mol. The van der Waals surface area contributed by atoms with Gasteiger partial charge in [0.1, 0.15) is 11.8 Å². The fourth-order valence-electron chi connectivity index (χ4n) is 2.39. The molecule has 1 amide bonds. The lowest BCUT2D eigenvalue weighted by molar-refractivity contribution is -0.158. The van der Waals surface area contributed by atoms with E-state index >= 15 is 0 Å². The van der Waals surface area contributed by atoms with Gasteiger partial charge < -0.3 is 14.8 Å². The molecule has 1 N–H and O–H groups in total. The monoisotopic (exact) mass is 350 g/mol. The Labute approximate surface area is 151 Å². The standard InChI is InChI=1S/C20H18N2O4/c21-12-15-8-4-5-9-17(15)25-13-18(23)26-19(14-6-2-1-3-7-14)20(24)22-16-10-11-16/h1-9,16,19H,10-11,13H2,(H,22,24)/t19-/m0/s1. The van der Waals surface area contributed by atoms with Gasteiger partial charge in [-0.25, -0.2) is 4.79 Å². The van der Waals surface area contributed by atoms with E-state index in [4.69, 9.17) is 14.7 Å². The predicted octanol–water partition coefficient (Wildman–Crippen LogP) is 2.50. The van der Waals surface area contributed by atoms with Crippen molar-refractivity contribution in [2.24, 2.45) is 0 Å². The van der Waals surface area contributed by atoms with Crippen molar-refractivity contribution in [3.63, 3.8) is 0 Å². The average Bonchev–Trinajstić information content (AvgIpc) is 3.49. The van der Waals surface area contributed by atoms with Crippen LogP contribution in [0, 0.1) is 11.3 Å². The van der Waals surface area contributed by atoms with Gasteiger partial charge in [-0.2, -0.15) is 5.26 Å². The molecule has 0 heterocycles. The van der Waals surface area contributed by atoms with Crippen LogP contribution >= 0.6 is 0 Å². The first-order valence-electron chi connectivity index (χ1n) is 8.34. The molecule has 0 radical (unpaired) electrons. The number of para-hydroxylation sites is 1. The summed E-state index contributed by atoms with van der Waals surface area (Å²) in [5.41, 5.74) is 0.919. The number of nitrogens with one attached hydrogen (secondary N) is 1. The van der Waals surface area contributed by atoms with Crippen molar-refractivity contribution >= 4 is 11.9 Å². The van der Waals surface area contributed by atoms with Gasteiger partial charge in [0.2, 0.25) is 6.10 Å². The molecular formula is C20H18N2O4. The highest BCUT2D eigenvalue weighted by Gasteiger charge is 2.30. The number of carbonyl (C=O) groups excluding carboxylic acids is 2. The van der Waals surface area contributed by atoms with Crippen molar-refractivity contribution in [3.8, 4) is 11.8 Å². The van der Waals surface area contributed by atoms with Gasteiger partial charge in [-0.15, -0.1) is 0 Å². The van der Waals surface area contributed by atoms with E-state index in [1.54, 1.807) is 48.5 Å². The summed E-state index contributed by atoms with van der Waals surface area (Å²) in [7, 11) is 0. The molecule has 0 unspecified atom stereocenters. The van der Waals surface area contributed by atoms with Crippen molar-refractivity contribution in [3.05, 3.63) is 65.7 Å². The molecule has 2 aromatic carbocycles. The minimum Gasteiger partial charge on any atom is -0.481 e. The molecule has 6 nitrogen and oxygen atoms in total. The third kappa shape index (κ3) is 4.61. The van der Waals surface area contributed by atoms with Crippen molar-refractivity contribution in [2.45, 2.75) is 25.0 Å². The second-order valence-corrected chi connectivity index (χ2v) is 5.96. The number of esters is 1. The van der Waals surface area contributed by atoms with E-state index in [0.29, 0.717) is 16.9 Å². The Morgan fingerprint density at radius 3 is 2.50 bits per heavy atom. The quantitative estimate of drug-likeness (QED) is 0.775. The van der Waals surface area contributed by atoms with E-state index in [1.165, 1.54) is 0 Å². The van der Waals surface area contributed by atoms with Gasteiger partial charge in [0.25, 0.3) is 5.91 Å². The molecule has 2 aromatic rings. The van der Waals surface area contributed by atoms with Crippen LogP contribution in [-0.2, 0) is 14.3 Å². The topological polar surface area (TPSA) is 88.4 Å². The SMILES string of the molecule is N#Cc1ccccc1OCC(=O)O[C@H](C(=O)NC1CC1)c1ccccc1. The first kappa shape index (κ1) is 17.5. The first-order chi connectivity index (χ1) is 12.7. The lowest BCUT2D eigenvalue weighted by atomic mass is 10.1. The summed E-state index contributed by atoms with van der Waals surface area (Å²) in [6, 6.07) is 17.6. The number of ether oxygens (including phenoxy) is 2. The molecule has 1 atom stereocenters.